The second-order valence-corrected chi connectivity index (χ2v) is 6.39. The number of amides is 3. The predicted octanol–water partition coefficient (Wildman–Crippen LogP) is -0.928. The SMILES string of the molecule is CC(=O)N1C[C@H](O)C[C@H]1C(=O)N[C@H](CC(=O)OCc1ccccc1)C(N)=O. The van der Waals surface area contributed by atoms with E-state index in [1.165, 1.54) is 11.8 Å². The number of hydrogen-bond acceptors (Lipinski definition) is 6. The number of carbonyl (C=O) groups is 4. The van der Waals surface area contributed by atoms with Crippen molar-refractivity contribution >= 4 is 23.7 Å². The van der Waals surface area contributed by atoms with Gasteiger partial charge in [0, 0.05) is 19.9 Å². The van der Waals surface area contributed by atoms with E-state index in [1.807, 2.05) is 6.07 Å². The Bertz CT molecular complexity index is 708. The van der Waals surface area contributed by atoms with E-state index in [0.29, 0.717) is 0 Å². The van der Waals surface area contributed by atoms with Crippen LogP contribution in [-0.2, 0) is 30.5 Å². The monoisotopic (exact) mass is 377 g/mol. The largest absolute Gasteiger partial charge is 0.461 e. The van der Waals surface area contributed by atoms with Crippen LogP contribution in [0.1, 0.15) is 25.3 Å². The van der Waals surface area contributed by atoms with Crippen LogP contribution in [0.3, 0.4) is 0 Å². The Morgan fingerprint density at radius 3 is 2.56 bits per heavy atom. The number of aliphatic hydroxyl groups is 1. The fourth-order valence-electron chi connectivity index (χ4n) is 2.86. The maximum Gasteiger partial charge on any atom is 0.308 e. The molecule has 1 aromatic carbocycles. The molecular weight excluding hydrogens is 354 g/mol. The highest BCUT2D eigenvalue weighted by Crippen LogP contribution is 2.18. The number of benzene rings is 1. The van der Waals surface area contributed by atoms with E-state index in [4.69, 9.17) is 10.5 Å². The topological polar surface area (TPSA) is 139 Å². The van der Waals surface area contributed by atoms with Crippen LogP contribution in [0, 0.1) is 0 Å². The quantitative estimate of drug-likeness (QED) is 0.525. The maximum atomic E-state index is 12.4. The van der Waals surface area contributed by atoms with E-state index in [0.717, 1.165) is 5.56 Å². The molecule has 0 bridgehead atoms. The standard InChI is InChI=1S/C18H23N3O6/c1-11(22)21-9-13(23)7-15(21)18(26)20-14(17(19)25)8-16(24)27-10-12-5-3-2-4-6-12/h2-6,13-15,23H,7-10H2,1H3,(H2,19,25)(H,20,26)/t13-,14-,15+/m1/s1. The number of nitrogens with two attached hydrogens (primary N) is 1. The summed E-state index contributed by atoms with van der Waals surface area (Å²) in [6.07, 6.45) is -1.20. The lowest BCUT2D eigenvalue weighted by molar-refractivity contribution is -0.147. The van der Waals surface area contributed by atoms with E-state index in [2.05, 4.69) is 5.32 Å². The van der Waals surface area contributed by atoms with Gasteiger partial charge in [0.15, 0.2) is 0 Å². The molecule has 1 aliphatic rings. The Balaban J connectivity index is 1.92. The molecule has 4 N–H and O–H groups in total. The fraction of sp³-hybridized carbons (Fsp3) is 0.444. The predicted molar refractivity (Wildman–Crippen MR) is 93.8 cm³/mol. The zero-order valence-electron chi connectivity index (χ0n) is 15.0. The van der Waals surface area contributed by atoms with Crippen molar-refractivity contribution in [3.63, 3.8) is 0 Å². The highest BCUT2D eigenvalue weighted by atomic mass is 16.5. The number of carbonyl (C=O) groups excluding carboxylic acids is 4. The lowest BCUT2D eigenvalue weighted by Crippen LogP contribution is -2.52. The van der Waals surface area contributed by atoms with Gasteiger partial charge in [-0.25, -0.2) is 0 Å². The van der Waals surface area contributed by atoms with Crippen LogP contribution in [0.5, 0.6) is 0 Å². The second-order valence-electron chi connectivity index (χ2n) is 6.39. The van der Waals surface area contributed by atoms with Crippen LogP contribution in [0.2, 0.25) is 0 Å². The molecule has 0 aliphatic carbocycles. The number of β-amino-alcohol motifs (C(OH)–C–C–N with tert-alkyl or cyclic N) is 1. The van der Waals surface area contributed by atoms with Crippen LogP contribution in [0.15, 0.2) is 30.3 Å². The Kier molecular flexibility index (Phi) is 6.89. The summed E-state index contributed by atoms with van der Waals surface area (Å²) >= 11 is 0. The molecule has 0 saturated carbocycles. The van der Waals surface area contributed by atoms with Gasteiger partial charge in [-0.05, 0) is 5.56 Å². The number of rotatable bonds is 7. The first-order valence-electron chi connectivity index (χ1n) is 8.52. The van der Waals surface area contributed by atoms with E-state index in [9.17, 15) is 24.3 Å². The molecule has 0 unspecified atom stereocenters. The summed E-state index contributed by atoms with van der Waals surface area (Å²) in [5, 5.41) is 12.1. The number of nitrogens with zero attached hydrogens (tertiary/aromatic N) is 1. The zero-order valence-corrected chi connectivity index (χ0v) is 15.0. The summed E-state index contributed by atoms with van der Waals surface area (Å²) in [5.74, 6) is -2.61. The molecule has 0 aromatic heterocycles. The van der Waals surface area contributed by atoms with Crippen molar-refractivity contribution < 1.29 is 29.0 Å². The van der Waals surface area contributed by atoms with Gasteiger partial charge in [-0.3, -0.25) is 19.2 Å². The molecule has 2 rings (SSSR count). The van der Waals surface area contributed by atoms with E-state index in [-0.39, 0.29) is 25.5 Å². The third-order valence-electron chi connectivity index (χ3n) is 4.26. The Morgan fingerprint density at radius 1 is 1.30 bits per heavy atom. The van der Waals surface area contributed by atoms with Crippen molar-refractivity contribution in [1.82, 2.24) is 10.2 Å². The smallest absolute Gasteiger partial charge is 0.308 e. The number of primary amides is 1. The maximum absolute atomic E-state index is 12.4. The van der Waals surface area contributed by atoms with Gasteiger partial charge in [0.1, 0.15) is 18.7 Å². The first-order chi connectivity index (χ1) is 12.8. The number of aliphatic hydroxyl groups excluding tert-OH is 1. The summed E-state index contributed by atoms with van der Waals surface area (Å²) in [7, 11) is 0. The summed E-state index contributed by atoms with van der Waals surface area (Å²) in [6, 6.07) is 6.80. The van der Waals surface area contributed by atoms with Crippen molar-refractivity contribution in [2.75, 3.05) is 6.54 Å². The minimum Gasteiger partial charge on any atom is -0.461 e. The molecule has 0 radical (unpaired) electrons. The van der Waals surface area contributed by atoms with Crippen molar-refractivity contribution in [1.29, 1.82) is 0 Å². The van der Waals surface area contributed by atoms with Crippen molar-refractivity contribution in [2.24, 2.45) is 5.73 Å². The van der Waals surface area contributed by atoms with Crippen molar-refractivity contribution in [2.45, 2.75) is 44.6 Å². The van der Waals surface area contributed by atoms with Crippen LogP contribution in [0.4, 0.5) is 0 Å². The van der Waals surface area contributed by atoms with E-state index in [1.54, 1.807) is 24.3 Å². The van der Waals surface area contributed by atoms with Gasteiger partial charge in [0.2, 0.25) is 17.7 Å². The number of esters is 1. The molecule has 1 saturated heterocycles. The fourth-order valence-corrected chi connectivity index (χ4v) is 2.86. The summed E-state index contributed by atoms with van der Waals surface area (Å²) in [4.78, 5) is 48.8. The first kappa shape index (κ1) is 20.4. The van der Waals surface area contributed by atoms with Gasteiger partial charge >= 0.3 is 5.97 Å². The average Bonchev–Trinajstić information content (AvgIpc) is 3.02. The van der Waals surface area contributed by atoms with E-state index >= 15 is 0 Å². The third kappa shape index (κ3) is 5.78. The molecule has 9 heteroatoms. The lowest BCUT2D eigenvalue weighted by Gasteiger charge is -2.24. The van der Waals surface area contributed by atoms with Crippen LogP contribution >= 0.6 is 0 Å². The average molecular weight is 377 g/mol. The Morgan fingerprint density at radius 2 is 1.96 bits per heavy atom. The molecule has 1 fully saturated rings. The number of likely N-dealkylation sites (tertiary alicyclic amines) is 1. The molecule has 9 nitrogen and oxygen atoms in total. The third-order valence-corrected chi connectivity index (χ3v) is 4.26. The van der Waals surface area contributed by atoms with Gasteiger partial charge in [-0.2, -0.15) is 0 Å². The molecule has 1 aromatic rings. The minimum atomic E-state index is -1.27. The molecule has 3 atom stereocenters. The van der Waals surface area contributed by atoms with Crippen molar-refractivity contribution in [3.05, 3.63) is 35.9 Å². The molecule has 0 spiro atoms. The zero-order chi connectivity index (χ0) is 20.0. The molecule has 27 heavy (non-hydrogen) atoms. The summed E-state index contributed by atoms with van der Waals surface area (Å²) in [6.45, 7) is 1.35. The van der Waals surface area contributed by atoms with Gasteiger partial charge in [0.25, 0.3) is 0 Å². The van der Waals surface area contributed by atoms with Gasteiger partial charge < -0.3 is 25.8 Å². The Labute approximate surface area is 156 Å². The molecule has 1 heterocycles. The minimum absolute atomic E-state index is 0.0338. The molecule has 146 valence electrons. The van der Waals surface area contributed by atoms with Crippen LogP contribution < -0.4 is 11.1 Å². The second kappa shape index (κ2) is 9.13. The molecule has 1 aliphatic heterocycles. The van der Waals surface area contributed by atoms with Gasteiger partial charge in [0.05, 0.1) is 12.5 Å². The van der Waals surface area contributed by atoms with Crippen LogP contribution in [-0.4, -0.2) is 58.4 Å². The number of nitrogens with one attached hydrogen (secondary N) is 1. The highest BCUT2D eigenvalue weighted by Gasteiger charge is 2.38. The Hall–Kier alpha value is -2.94. The van der Waals surface area contributed by atoms with Crippen molar-refractivity contribution in [3.8, 4) is 0 Å². The summed E-state index contributed by atoms with van der Waals surface area (Å²) < 4.78 is 5.09. The summed E-state index contributed by atoms with van der Waals surface area (Å²) in [5.41, 5.74) is 6.05. The number of hydrogen-bond donors (Lipinski definition) is 3. The van der Waals surface area contributed by atoms with Gasteiger partial charge in [-0.15, -0.1) is 0 Å². The van der Waals surface area contributed by atoms with E-state index < -0.39 is 42.4 Å². The van der Waals surface area contributed by atoms with Crippen LogP contribution in [0.25, 0.3) is 0 Å². The number of ether oxygens (including phenoxy) is 1. The lowest BCUT2D eigenvalue weighted by atomic mass is 10.1. The highest BCUT2D eigenvalue weighted by molar-refractivity contribution is 5.93. The first-order valence-corrected chi connectivity index (χ1v) is 8.52. The van der Waals surface area contributed by atoms with Gasteiger partial charge in [-0.1, -0.05) is 30.3 Å². The molecule has 3 amide bonds. The molecular formula is C18H23N3O6. The normalized spacial score (nSPS) is 20.0.